The number of aromatic nitrogens is 1. The summed E-state index contributed by atoms with van der Waals surface area (Å²) in [5, 5.41) is 0.344. The molecule has 10 heteroatoms. The number of nitrogens with zero attached hydrogens (tertiary/aromatic N) is 3. The van der Waals surface area contributed by atoms with Crippen LogP contribution >= 0.6 is 46.7 Å². The van der Waals surface area contributed by atoms with Gasteiger partial charge in [0.25, 0.3) is 5.91 Å². The molecule has 0 unspecified atom stereocenters. The number of likely N-dealkylation sites (N-methyl/N-ethyl adjacent to an activating group) is 1. The van der Waals surface area contributed by atoms with E-state index in [0.717, 1.165) is 30.5 Å². The van der Waals surface area contributed by atoms with Gasteiger partial charge in [-0.3, -0.25) is 9.69 Å². The summed E-state index contributed by atoms with van der Waals surface area (Å²) < 4.78 is 28.5. The lowest BCUT2D eigenvalue weighted by Gasteiger charge is -2.24. The van der Waals surface area contributed by atoms with E-state index in [1.165, 1.54) is 22.3 Å². The van der Waals surface area contributed by atoms with Gasteiger partial charge in [-0.15, -0.1) is 23.7 Å². The molecule has 0 saturated carbocycles. The Morgan fingerprint density at radius 1 is 1.14 bits per heavy atom. The largest absolute Gasteiger partial charge is 0.302 e. The highest BCUT2D eigenvalue weighted by molar-refractivity contribution is 7.22. The SMILES string of the molecule is CCN(CC)CCN(C(=O)c1ccc(Cl)s1)c1nc2c(F)cc(F)cc2s1.Cl. The van der Waals surface area contributed by atoms with E-state index >= 15 is 0 Å². The van der Waals surface area contributed by atoms with E-state index in [-0.39, 0.29) is 23.8 Å². The van der Waals surface area contributed by atoms with Crippen molar-refractivity contribution >= 4 is 67.9 Å². The monoisotopic (exact) mass is 465 g/mol. The Bertz CT molecular complexity index is 960. The van der Waals surface area contributed by atoms with Crippen molar-refractivity contribution in [1.29, 1.82) is 0 Å². The zero-order chi connectivity index (χ0) is 19.6. The summed E-state index contributed by atoms with van der Waals surface area (Å²) >= 11 is 8.24. The van der Waals surface area contributed by atoms with E-state index in [1.54, 1.807) is 12.1 Å². The molecule has 0 spiro atoms. The van der Waals surface area contributed by atoms with Crippen LogP contribution in [0, 0.1) is 11.6 Å². The number of thiazole rings is 1. The number of anilines is 1. The Kier molecular flexibility index (Phi) is 8.15. The van der Waals surface area contributed by atoms with Crippen LogP contribution < -0.4 is 4.90 Å². The molecule has 3 rings (SSSR count). The number of amides is 1. The standard InChI is InChI=1S/C18H18ClF2N3OS2.ClH/c1-3-23(4-2)7-8-24(17(25)13-5-6-15(19)26-13)18-22-16-12(21)9-11(20)10-14(16)27-18;/h5-6,9-10H,3-4,7-8H2,1-2H3;1H. The normalized spacial score (nSPS) is 11.1. The summed E-state index contributed by atoms with van der Waals surface area (Å²) in [6, 6.07) is 5.35. The third-order valence-electron chi connectivity index (χ3n) is 4.20. The molecule has 0 bridgehead atoms. The third kappa shape index (κ3) is 4.99. The summed E-state index contributed by atoms with van der Waals surface area (Å²) in [5.41, 5.74) is 0.0706. The molecule has 0 radical (unpaired) electrons. The molecular weight excluding hydrogens is 447 g/mol. The zero-order valence-corrected chi connectivity index (χ0v) is 18.5. The fourth-order valence-corrected chi connectivity index (χ4v) is 4.71. The first-order valence-electron chi connectivity index (χ1n) is 8.48. The molecule has 0 aliphatic rings. The smallest absolute Gasteiger partial charge is 0.270 e. The maximum Gasteiger partial charge on any atom is 0.270 e. The van der Waals surface area contributed by atoms with Crippen LogP contribution in [0.4, 0.5) is 13.9 Å². The molecule has 152 valence electrons. The Hall–Kier alpha value is -1.32. The summed E-state index contributed by atoms with van der Waals surface area (Å²) in [5.74, 6) is -1.65. The molecule has 0 atom stereocenters. The predicted molar refractivity (Wildman–Crippen MR) is 116 cm³/mol. The number of carbonyl (C=O) groups excluding carboxylic acids is 1. The van der Waals surface area contributed by atoms with E-state index in [2.05, 4.69) is 9.88 Å². The molecule has 2 aromatic heterocycles. The van der Waals surface area contributed by atoms with Crippen molar-refractivity contribution in [3.05, 3.63) is 45.1 Å². The van der Waals surface area contributed by atoms with Gasteiger partial charge >= 0.3 is 0 Å². The fourth-order valence-electron chi connectivity index (χ4n) is 2.69. The average molecular weight is 466 g/mol. The van der Waals surface area contributed by atoms with Crippen molar-refractivity contribution in [2.24, 2.45) is 0 Å². The van der Waals surface area contributed by atoms with Crippen LogP contribution in [0.3, 0.4) is 0 Å². The maximum absolute atomic E-state index is 14.1. The molecule has 0 N–H and O–H groups in total. The first-order valence-corrected chi connectivity index (χ1v) is 10.5. The van der Waals surface area contributed by atoms with Crippen molar-refractivity contribution < 1.29 is 13.6 Å². The lowest BCUT2D eigenvalue weighted by Crippen LogP contribution is -2.38. The van der Waals surface area contributed by atoms with E-state index in [4.69, 9.17) is 11.6 Å². The predicted octanol–water partition coefficient (Wildman–Crippen LogP) is 5.70. The highest BCUT2D eigenvalue weighted by atomic mass is 35.5. The third-order valence-corrected chi connectivity index (χ3v) is 6.44. The molecule has 1 amide bonds. The Labute approximate surface area is 181 Å². The van der Waals surface area contributed by atoms with Gasteiger partial charge in [0.05, 0.1) is 13.9 Å². The minimum Gasteiger partial charge on any atom is -0.302 e. The molecule has 28 heavy (non-hydrogen) atoms. The van der Waals surface area contributed by atoms with Crippen LogP contribution in [0.25, 0.3) is 10.2 Å². The number of thiophene rings is 1. The van der Waals surface area contributed by atoms with E-state index in [9.17, 15) is 13.6 Å². The van der Waals surface area contributed by atoms with Gasteiger partial charge in [-0.1, -0.05) is 36.8 Å². The van der Waals surface area contributed by atoms with Gasteiger partial charge in [-0.2, -0.15) is 0 Å². The Morgan fingerprint density at radius 2 is 1.86 bits per heavy atom. The Balaban J connectivity index is 0.00000280. The van der Waals surface area contributed by atoms with Crippen molar-refractivity contribution in [2.45, 2.75) is 13.8 Å². The van der Waals surface area contributed by atoms with Crippen LogP contribution in [0.15, 0.2) is 24.3 Å². The van der Waals surface area contributed by atoms with Crippen LogP contribution in [-0.2, 0) is 0 Å². The van der Waals surface area contributed by atoms with Gasteiger partial charge in [0.2, 0.25) is 0 Å². The lowest BCUT2D eigenvalue weighted by molar-refractivity contribution is 0.0987. The number of hydrogen-bond donors (Lipinski definition) is 0. The van der Waals surface area contributed by atoms with Crippen molar-refractivity contribution in [3.63, 3.8) is 0 Å². The van der Waals surface area contributed by atoms with Crippen LogP contribution in [0.5, 0.6) is 0 Å². The number of halogens is 4. The maximum atomic E-state index is 14.1. The topological polar surface area (TPSA) is 36.4 Å². The molecule has 1 aromatic carbocycles. The Morgan fingerprint density at radius 3 is 2.46 bits per heavy atom. The first-order chi connectivity index (χ1) is 12.9. The second-order valence-electron chi connectivity index (χ2n) is 5.82. The highest BCUT2D eigenvalue weighted by Gasteiger charge is 2.24. The minimum absolute atomic E-state index is 0. The second kappa shape index (κ2) is 9.93. The number of hydrogen-bond acceptors (Lipinski definition) is 5. The number of rotatable bonds is 7. The summed E-state index contributed by atoms with van der Waals surface area (Å²) in [4.78, 5) is 21.5. The quantitative estimate of drug-likeness (QED) is 0.448. The van der Waals surface area contributed by atoms with Gasteiger partial charge < -0.3 is 4.90 Å². The van der Waals surface area contributed by atoms with Crippen molar-refractivity contribution in [3.8, 4) is 0 Å². The number of fused-ring (bicyclic) bond motifs is 1. The minimum atomic E-state index is -0.734. The summed E-state index contributed by atoms with van der Waals surface area (Å²) in [7, 11) is 0. The molecule has 0 aliphatic heterocycles. The van der Waals surface area contributed by atoms with Crippen LogP contribution in [0.2, 0.25) is 4.34 Å². The van der Waals surface area contributed by atoms with Gasteiger partial charge in [-0.25, -0.2) is 13.8 Å². The molecule has 0 fully saturated rings. The second-order valence-corrected chi connectivity index (χ2v) is 8.54. The molecule has 3 aromatic rings. The fraction of sp³-hybridized carbons (Fsp3) is 0.333. The number of benzene rings is 1. The lowest BCUT2D eigenvalue weighted by atomic mass is 10.3. The van der Waals surface area contributed by atoms with Gasteiger partial charge in [0.15, 0.2) is 10.9 Å². The van der Waals surface area contributed by atoms with Crippen molar-refractivity contribution in [1.82, 2.24) is 9.88 Å². The van der Waals surface area contributed by atoms with Crippen molar-refractivity contribution in [2.75, 3.05) is 31.1 Å². The first kappa shape index (κ1) is 23.0. The average Bonchev–Trinajstić information content (AvgIpc) is 3.25. The number of carbonyl (C=O) groups is 1. The zero-order valence-electron chi connectivity index (χ0n) is 15.2. The van der Waals surface area contributed by atoms with E-state index in [0.29, 0.717) is 32.1 Å². The molecule has 4 nitrogen and oxygen atoms in total. The summed E-state index contributed by atoms with van der Waals surface area (Å²) in [6.45, 7) is 6.83. The summed E-state index contributed by atoms with van der Waals surface area (Å²) in [6.07, 6.45) is 0. The highest BCUT2D eigenvalue weighted by Crippen LogP contribution is 2.33. The van der Waals surface area contributed by atoms with Gasteiger partial charge in [0.1, 0.15) is 11.3 Å². The van der Waals surface area contributed by atoms with Gasteiger partial charge in [-0.05, 0) is 31.3 Å². The van der Waals surface area contributed by atoms with Gasteiger partial charge in [0, 0.05) is 19.2 Å². The van der Waals surface area contributed by atoms with E-state index < -0.39 is 11.6 Å². The molecule has 0 aliphatic carbocycles. The molecule has 0 saturated heterocycles. The van der Waals surface area contributed by atoms with Crippen LogP contribution in [0.1, 0.15) is 23.5 Å². The van der Waals surface area contributed by atoms with Crippen LogP contribution in [-0.4, -0.2) is 42.0 Å². The molecule has 2 heterocycles. The molecular formula is C18H19Cl2F2N3OS2. The van der Waals surface area contributed by atoms with E-state index in [1.807, 2.05) is 13.8 Å².